The molecule has 110 valence electrons. The summed E-state index contributed by atoms with van der Waals surface area (Å²) in [6, 6.07) is 17.9. The summed E-state index contributed by atoms with van der Waals surface area (Å²) in [5, 5.41) is 0. The number of rotatable bonds is 6. The highest BCUT2D eigenvalue weighted by molar-refractivity contribution is 5.72. The van der Waals surface area contributed by atoms with E-state index in [4.69, 9.17) is 9.47 Å². The summed E-state index contributed by atoms with van der Waals surface area (Å²) < 4.78 is 10.6. The second-order valence-electron chi connectivity index (χ2n) is 4.89. The van der Waals surface area contributed by atoms with E-state index in [2.05, 4.69) is 0 Å². The maximum Gasteiger partial charge on any atom is 0.309 e. The summed E-state index contributed by atoms with van der Waals surface area (Å²) in [6.07, 6.45) is 0.285. The Kier molecular flexibility index (Phi) is 5.52. The van der Waals surface area contributed by atoms with Crippen molar-refractivity contribution in [1.82, 2.24) is 0 Å². The highest BCUT2D eigenvalue weighted by Gasteiger charge is 2.10. The van der Waals surface area contributed by atoms with Crippen LogP contribution in [0.15, 0.2) is 54.6 Å². The molecule has 0 bridgehead atoms. The summed E-state index contributed by atoms with van der Waals surface area (Å²) in [4.78, 5) is 11.4. The lowest BCUT2D eigenvalue weighted by atomic mass is 10.1. The first kappa shape index (κ1) is 15.3. The van der Waals surface area contributed by atoms with Crippen LogP contribution in [-0.2, 0) is 27.3 Å². The van der Waals surface area contributed by atoms with E-state index in [-0.39, 0.29) is 18.5 Å². The molecule has 0 aromatic heterocycles. The number of ether oxygens (including phenoxy) is 2. The molecule has 0 amide bonds. The van der Waals surface area contributed by atoms with Crippen LogP contribution in [0.2, 0.25) is 0 Å². The van der Waals surface area contributed by atoms with Crippen molar-refractivity contribution in [2.24, 2.45) is 0 Å². The number of hydrogen-bond acceptors (Lipinski definition) is 3. The van der Waals surface area contributed by atoms with Crippen molar-refractivity contribution in [3.05, 3.63) is 71.3 Å². The van der Waals surface area contributed by atoms with Crippen LogP contribution in [0, 0.1) is 0 Å². The van der Waals surface area contributed by atoms with Gasteiger partial charge < -0.3 is 9.47 Å². The van der Waals surface area contributed by atoms with Gasteiger partial charge in [0.25, 0.3) is 0 Å². The van der Waals surface area contributed by atoms with E-state index < -0.39 is 0 Å². The molecule has 0 saturated heterocycles. The molecular weight excluding hydrogens is 264 g/mol. The van der Waals surface area contributed by atoms with Crippen molar-refractivity contribution in [3.8, 4) is 0 Å². The lowest BCUT2D eigenvalue weighted by Gasteiger charge is -2.15. The van der Waals surface area contributed by atoms with Gasteiger partial charge in [-0.15, -0.1) is 0 Å². The van der Waals surface area contributed by atoms with Gasteiger partial charge in [-0.3, -0.25) is 4.79 Å². The number of methoxy groups -OCH3 is 1. The molecule has 0 fully saturated rings. The molecule has 0 N–H and O–H groups in total. The van der Waals surface area contributed by atoms with Gasteiger partial charge in [-0.05, 0) is 23.6 Å². The Morgan fingerprint density at radius 2 is 1.62 bits per heavy atom. The molecule has 2 aromatic rings. The van der Waals surface area contributed by atoms with Gasteiger partial charge in [-0.25, -0.2) is 0 Å². The van der Waals surface area contributed by atoms with E-state index in [1.165, 1.54) is 7.11 Å². The van der Waals surface area contributed by atoms with Crippen LogP contribution >= 0.6 is 0 Å². The van der Waals surface area contributed by atoms with E-state index in [0.29, 0.717) is 6.61 Å². The van der Waals surface area contributed by atoms with Crippen LogP contribution in [0.1, 0.15) is 29.7 Å². The Hall–Kier alpha value is -2.13. The third kappa shape index (κ3) is 4.43. The average Bonchev–Trinajstić information content (AvgIpc) is 2.54. The summed E-state index contributed by atoms with van der Waals surface area (Å²) in [7, 11) is 1.40. The largest absolute Gasteiger partial charge is 0.469 e. The van der Waals surface area contributed by atoms with Crippen LogP contribution in [0.3, 0.4) is 0 Å². The molecule has 2 rings (SSSR count). The molecule has 0 spiro atoms. The maximum absolute atomic E-state index is 11.4. The second-order valence-corrected chi connectivity index (χ2v) is 4.89. The van der Waals surface area contributed by atoms with Gasteiger partial charge in [0.1, 0.15) is 0 Å². The molecule has 2 aromatic carbocycles. The van der Waals surface area contributed by atoms with Crippen LogP contribution < -0.4 is 0 Å². The SMILES string of the molecule is COC(=O)Cc1ccccc1COC(C)c1ccccc1. The monoisotopic (exact) mass is 284 g/mol. The molecule has 0 aliphatic rings. The van der Waals surface area contributed by atoms with Gasteiger partial charge >= 0.3 is 5.97 Å². The molecule has 1 unspecified atom stereocenters. The highest BCUT2D eigenvalue weighted by Crippen LogP contribution is 2.19. The quantitative estimate of drug-likeness (QED) is 0.759. The average molecular weight is 284 g/mol. The third-order valence-electron chi connectivity index (χ3n) is 3.44. The van der Waals surface area contributed by atoms with Crippen LogP contribution in [0.25, 0.3) is 0 Å². The topological polar surface area (TPSA) is 35.5 Å². The van der Waals surface area contributed by atoms with Crippen molar-refractivity contribution in [3.63, 3.8) is 0 Å². The van der Waals surface area contributed by atoms with E-state index >= 15 is 0 Å². The Labute approximate surface area is 125 Å². The Morgan fingerprint density at radius 3 is 2.29 bits per heavy atom. The molecule has 0 aliphatic heterocycles. The van der Waals surface area contributed by atoms with E-state index in [1.807, 2.05) is 61.5 Å². The molecule has 0 radical (unpaired) electrons. The second kappa shape index (κ2) is 7.60. The maximum atomic E-state index is 11.4. The summed E-state index contributed by atoms with van der Waals surface area (Å²) in [5.41, 5.74) is 3.11. The molecule has 1 atom stereocenters. The minimum atomic E-state index is -0.237. The molecule has 0 heterocycles. The lowest BCUT2D eigenvalue weighted by molar-refractivity contribution is -0.139. The Balaban J connectivity index is 2.01. The van der Waals surface area contributed by atoms with Crippen LogP contribution in [0.5, 0.6) is 0 Å². The van der Waals surface area contributed by atoms with Crippen molar-refractivity contribution in [2.45, 2.75) is 26.1 Å². The summed E-state index contributed by atoms with van der Waals surface area (Å²) in [6.45, 7) is 2.50. The molecular formula is C18H20O3. The smallest absolute Gasteiger partial charge is 0.309 e. The highest BCUT2D eigenvalue weighted by atomic mass is 16.5. The molecule has 0 aliphatic carbocycles. The first-order valence-electron chi connectivity index (χ1n) is 7.01. The van der Waals surface area contributed by atoms with Gasteiger partial charge in [-0.2, -0.15) is 0 Å². The molecule has 21 heavy (non-hydrogen) atoms. The van der Waals surface area contributed by atoms with Gasteiger partial charge in [0.2, 0.25) is 0 Å². The Morgan fingerprint density at radius 1 is 1.00 bits per heavy atom. The minimum absolute atomic E-state index is 0.0115. The number of carbonyl (C=O) groups excluding carboxylic acids is 1. The Bertz CT molecular complexity index is 578. The van der Waals surface area contributed by atoms with Crippen LogP contribution in [-0.4, -0.2) is 13.1 Å². The van der Waals surface area contributed by atoms with E-state index in [1.54, 1.807) is 0 Å². The first-order valence-corrected chi connectivity index (χ1v) is 7.01. The normalized spacial score (nSPS) is 11.9. The predicted molar refractivity (Wildman–Crippen MR) is 81.8 cm³/mol. The minimum Gasteiger partial charge on any atom is -0.469 e. The zero-order valence-electron chi connectivity index (χ0n) is 12.4. The number of benzene rings is 2. The van der Waals surface area contributed by atoms with Crippen LogP contribution in [0.4, 0.5) is 0 Å². The molecule has 3 nitrogen and oxygen atoms in total. The lowest BCUT2D eigenvalue weighted by Crippen LogP contribution is -2.08. The van der Waals surface area contributed by atoms with Crippen molar-refractivity contribution in [2.75, 3.05) is 7.11 Å². The molecule has 3 heteroatoms. The fraction of sp³-hybridized carbons (Fsp3) is 0.278. The zero-order chi connectivity index (χ0) is 15.1. The standard InChI is InChI=1S/C18H20O3/c1-14(15-8-4-3-5-9-15)21-13-17-11-7-6-10-16(17)12-18(19)20-2/h3-11,14H,12-13H2,1-2H3. The van der Waals surface area contributed by atoms with Gasteiger partial charge in [0, 0.05) is 0 Å². The number of carbonyl (C=O) groups is 1. The van der Waals surface area contributed by atoms with Crippen molar-refractivity contribution >= 4 is 5.97 Å². The zero-order valence-corrected chi connectivity index (χ0v) is 12.4. The number of hydrogen-bond donors (Lipinski definition) is 0. The number of esters is 1. The third-order valence-corrected chi connectivity index (χ3v) is 3.44. The van der Waals surface area contributed by atoms with E-state index in [0.717, 1.165) is 16.7 Å². The molecule has 0 saturated carbocycles. The van der Waals surface area contributed by atoms with E-state index in [9.17, 15) is 4.79 Å². The summed E-state index contributed by atoms with van der Waals surface area (Å²) in [5.74, 6) is -0.237. The van der Waals surface area contributed by atoms with Gasteiger partial charge in [0.15, 0.2) is 0 Å². The van der Waals surface area contributed by atoms with Crippen molar-refractivity contribution in [1.29, 1.82) is 0 Å². The summed E-state index contributed by atoms with van der Waals surface area (Å²) >= 11 is 0. The first-order chi connectivity index (χ1) is 10.2. The fourth-order valence-electron chi connectivity index (χ4n) is 2.13. The van der Waals surface area contributed by atoms with Gasteiger partial charge in [0.05, 0.1) is 26.2 Å². The fourth-order valence-corrected chi connectivity index (χ4v) is 2.13. The predicted octanol–water partition coefficient (Wildman–Crippen LogP) is 3.68. The van der Waals surface area contributed by atoms with Gasteiger partial charge in [-0.1, -0.05) is 54.6 Å². The van der Waals surface area contributed by atoms with Crippen molar-refractivity contribution < 1.29 is 14.3 Å².